The fourth-order valence-electron chi connectivity index (χ4n) is 2.22. The molecule has 2 atom stereocenters. The molecule has 1 aliphatic heterocycles. The molecule has 5 nitrogen and oxygen atoms in total. The summed E-state index contributed by atoms with van der Waals surface area (Å²) in [5, 5.41) is 4.26. The molecule has 2 rings (SSSR count). The SMILES string of the molecule is Cc1c(C(C)N)cnn1C1CCS(=O)(=O)C1. The number of hydrogen-bond donors (Lipinski definition) is 1. The van der Waals surface area contributed by atoms with E-state index >= 15 is 0 Å². The van der Waals surface area contributed by atoms with Crippen LogP contribution < -0.4 is 5.73 Å². The lowest BCUT2D eigenvalue weighted by Gasteiger charge is -2.12. The molecule has 0 aromatic carbocycles. The Hall–Kier alpha value is -0.880. The lowest BCUT2D eigenvalue weighted by atomic mass is 10.1. The fourth-order valence-corrected chi connectivity index (χ4v) is 3.91. The molecule has 0 saturated carbocycles. The average molecular weight is 243 g/mol. The highest BCUT2D eigenvalue weighted by Crippen LogP contribution is 2.26. The molecule has 1 aromatic rings. The standard InChI is InChI=1S/C10H17N3O2S/c1-7(11)10-5-12-13(8(10)2)9-3-4-16(14,15)6-9/h5,7,9H,3-4,6,11H2,1-2H3. The van der Waals surface area contributed by atoms with Crippen LogP contribution in [0.25, 0.3) is 0 Å². The van der Waals surface area contributed by atoms with Crippen LogP contribution in [0.5, 0.6) is 0 Å². The number of rotatable bonds is 2. The summed E-state index contributed by atoms with van der Waals surface area (Å²) in [6.07, 6.45) is 2.40. The quantitative estimate of drug-likeness (QED) is 0.823. The van der Waals surface area contributed by atoms with Gasteiger partial charge in [0.2, 0.25) is 0 Å². The summed E-state index contributed by atoms with van der Waals surface area (Å²) in [5.41, 5.74) is 7.78. The third-order valence-electron chi connectivity index (χ3n) is 3.13. The highest BCUT2D eigenvalue weighted by Gasteiger charge is 2.30. The molecule has 2 unspecified atom stereocenters. The van der Waals surface area contributed by atoms with Crippen molar-refractivity contribution in [2.45, 2.75) is 32.4 Å². The minimum Gasteiger partial charge on any atom is -0.324 e. The zero-order chi connectivity index (χ0) is 11.9. The Bertz CT molecular complexity index is 490. The Morgan fingerprint density at radius 1 is 1.62 bits per heavy atom. The summed E-state index contributed by atoms with van der Waals surface area (Å²) in [6.45, 7) is 3.84. The molecule has 1 saturated heterocycles. The van der Waals surface area contributed by atoms with E-state index in [0.29, 0.717) is 6.42 Å². The molecule has 1 aromatic heterocycles. The molecule has 90 valence electrons. The molecule has 0 aliphatic carbocycles. The van der Waals surface area contributed by atoms with Crippen molar-refractivity contribution >= 4 is 9.84 Å². The van der Waals surface area contributed by atoms with Crippen molar-refractivity contribution in [3.63, 3.8) is 0 Å². The summed E-state index contributed by atoms with van der Waals surface area (Å²) in [5.74, 6) is 0.471. The molecular formula is C10H17N3O2S. The monoisotopic (exact) mass is 243 g/mol. The van der Waals surface area contributed by atoms with Crippen LogP contribution in [0.2, 0.25) is 0 Å². The van der Waals surface area contributed by atoms with E-state index < -0.39 is 9.84 Å². The Labute approximate surface area is 95.6 Å². The smallest absolute Gasteiger partial charge is 0.152 e. The van der Waals surface area contributed by atoms with Gasteiger partial charge < -0.3 is 5.73 Å². The predicted molar refractivity (Wildman–Crippen MR) is 61.9 cm³/mol. The van der Waals surface area contributed by atoms with Crippen LogP contribution in [-0.2, 0) is 9.84 Å². The molecule has 2 heterocycles. The topological polar surface area (TPSA) is 78.0 Å². The second-order valence-corrected chi connectivity index (χ2v) is 6.70. The van der Waals surface area contributed by atoms with Crippen LogP contribution in [-0.4, -0.2) is 29.7 Å². The van der Waals surface area contributed by atoms with Gasteiger partial charge in [-0.2, -0.15) is 5.10 Å². The lowest BCUT2D eigenvalue weighted by Crippen LogP contribution is -2.14. The van der Waals surface area contributed by atoms with Crippen LogP contribution in [0.4, 0.5) is 0 Å². The lowest BCUT2D eigenvalue weighted by molar-refractivity contribution is 0.487. The van der Waals surface area contributed by atoms with Gasteiger partial charge in [0.05, 0.1) is 23.7 Å². The first-order valence-corrected chi connectivity index (χ1v) is 7.23. The van der Waals surface area contributed by atoms with Crippen LogP contribution in [0.15, 0.2) is 6.20 Å². The Kier molecular flexibility index (Phi) is 2.79. The van der Waals surface area contributed by atoms with Gasteiger partial charge in [-0.15, -0.1) is 0 Å². The molecule has 2 N–H and O–H groups in total. The maximum Gasteiger partial charge on any atom is 0.152 e. The summed E-state index contributed by atoms with van der Waals surface area (Å²) < 4.78 is 24.6. The molecule has 16 heavy (non-hydrogen) atoms. The van der Waals surface area contributed by atoms with E-state index in [9.17, 15) is 8.42 Å². The van der Waals surface area contributed by atoms with Gasteiger partial charge >= 0.3 is 0 Å². The molecule has 6 heteroatoms. The number of nitrogens with two attached hydrogens (primary N) is 1. The summed E-state index contributed by atoms with van der Waals surface area (Å²) in [7, 11) is -2.86. The zero-order valence-corrected chi connectivity index (χ0v) is 10.4. The fraction of sp³-hybridized carbons (Fsp3) is 0.700. The average Bonchev–Trinajstić information content (AvgIpc) is 2.69. The molecule has 0 spiro atoms. The first kappa shape index (κ1) is 11.6. The first-order chi connectivity index (χ1) is 7.41. The van der Waals surface area contributed by atoms with Gasteiger partial charge in [-0.3, -0.25) is 4.68 Å². The van der Waals surface area contributed by atoms with E-state index in [4.69, 9.17) is 5.73 Å². The van der Waals surface area contributed by atoms with Crippen molar-refractivity contribution in [2.24, 2.45) is 5.73 Å². The molecule has 1 aliphatic rings. The van der Waals surface area contributed by atoms with Crippen LogP contribution in [0.1, 0.15) is 36.7 Å². The number of sulfone groups is 1. The normalized spacial score (nSPS) is 25.8. The van der Waals surface area contributed by atoms with Gasteiger partial charge in [0.25, 0.3) is 0 Å². The van der Waals surface area contributed by atoms with E-state index in [0.717, 1.165) is 11.3 Å². The van der Waals surface area contributed by atoms with Gasteiger partial charge in [-0.05, 0) is 20.3 Å². The van der Waals surface area contributed by atoms with E-state index in [-0.39, 0.29) is 23.6 Å². The van der Waals surface area contributed by atoms with Crippen LogP contribution in [0, 0.1) is 6.92 Å². The highest BCUT2D eigenvalue weighted by atomic mass is 32.2. The largest absolute Gasteiger partial charge is 0.324 e. The number of aromatic nitrogens is 2. The van der Waals surface area contributed by atoms with Crippen LogP contribution >= 0.6 is 0 Å². The Morgan fingerprint density at radius 2 is 2.31 bits per heavy atom. The summed E-state index contributed by atoms with van der Waals surface area (Å²) >= 11 is 0. The van der Waals surface area contributed by atoms with E-state index in [1.165, 1.54) is 0 Å². The number of hydrogen-bond acceptors (Lipinski definition) is 4. The molecular weight excluding hydrogens is 226 g/mol. The summed E-state index contributed by atoms with van der Waals surface area (Å²) in [4.78, 5) is 0. The molecule has 1 fully saturated rings. The summed E-state index contributed by atoms with van der Waals surface area (Å²) in [6, 6.07) is -0.0794. The number of nitrogens with zero attached hydrogens (tertiary/aromatic N) is 2. The van der Waals surface area contributed by atoms with Gasteiger partial charge in [0.1, 0.15) is 0 Å². The van der Waals surface area contributed by atoms with E-state index in [1.807, 2.05) is 18.5 Å². The van der Waals surface area contributed by atoms with E-state index in [1.54, 1.807) is 6.20 Å². The van der Waals surface area contributed by atoms with Crippen molar-refractivity contribution < 1.29 is 8.42 Å². The Morgan fingerprint density at radius 3 is 2.75 bits per heavy atom. The predicted octanol–water partition coefficient (Wildman–Crippen LogP) is 0.571. The van der Waals surface area contributed by atoms with Crippen molar-refractivity contribution in [3.05, 3.63) is 17.5 Å². The molecule has 0 amide bonds. The third-order valence-corrected chi connectivity index (χ3v) is 4.88. The van der Waals surface area contributed by atoms with Crippen molar-refractivity contribution in [3.8, 4) is 0 Å². The Balaban J connectivity index is 2.29. The van der Waals surface area contributed by atoms with Crippen molar-refractivity contribution in [1.29, 1.82) is 0 Å². The maximum absolute atomic E-state index is 11.4. The van der Waals surface area contributed by atoms with Gasteiger partial charge in [-0.1, -0.05) is 0 Å². The maximum atomic E-state index is 11.4. The van der Waals surface area contributed by atoms with Gasteiger partial charge in [0.15, 0.2) is 9.84 Å². The molecule has 0 bridgehead atoms. The second kappa shape index (κ2) is 3.85. The van der Waals surface area contributed by atoms with Gasteiger partial charge in [0, 0.05) is 17.3 Å². The highest BCUT2D eigenvalue weighted by molar-refractivity contribution is 7.91. The first-order valence-electron chi connectivity index (χ1n) is 5.41. The second-order valence-electron chi connectivity index (χ2n) is 4.48. The molecule has 0 radical (unpaired) electrons. The minimum atomic E-state index is -2.86. The van der Waals surface area contributed by atoms with Crippen molar-refractivity contribution in [2.75, 3.05) is 11.5 Å². The van der Waals surface area contributed by atoms with Crippen molar-refractivity contribution in [1.82, 2.24) is 9.78 Å². The zero-order valence-electron chi connectivity index (χ0n) is 9.55. The minimum absolute atomic E-state index is 0.0162. The van der Waals surface area contributed by atoms with E-state index in [2.05, 4.69) is 5.10 Å². The van der Waals surface area contributed by atoms with Gasteiger partial charge in [-0.25, -0.2) is 8.42 Å². The third kappa shape index (κ3) is 1.99. The van der Waals surface area contributed by atoms with Crippen LogP contribution in [0.3, 0.4) is 0 Å².